The number of rotatable bonds is 6. The smallest absolute Gasteiger partial charge is 0.224 e. The zero-order valence-electron chi connectivity index (χ0n) is 16.3. The van der Waals surface area contributed by atoms with Gasteiger partial charge in [-0.15, -0.1) is 0 Å². The van der Waals surface area contributed by atoms with Gasteiger partial charge in [0.1, 0.15) is 5.75 Å². The molecule has 1 aliphatic rings. The van der Waals surface area contributed by atoms with Gasteiger partial charge >= 0.3 is 0 Å². The van der Waals surface area contributed by atoms with Crippen molar-refractivity contribution >= 4 is 5.91 Å². The van der Waals surface area contributed by atoms with Gasteiger partial charge in [0.2, 0.25) is 11.8 Å². The van der Waals surface area contributed by atoms with Gasteiger partial charge in [-0.05, 0) is 38.7 Å². The second-order valence-electron chi connectivity index (χ2n) is 7.21. The van der Waals surface area contributed by atoms with E-state index < -0.39 is 0 Å². The standard InChI is InChI=1S/C21H28N4O2/c1-16-7-4-5-9-19(16)27-21-17(8-6-10-22-21)14-23-20(26)13-18-15-24(2)11-12-25(18)3/h4-10,18H,11-15H2,1-3H3,(H,23,26). The van der Waals surface area contributed by atoms with Crippen LogP contribution >= 0.6 is 0 Å². The lowest BCUT2D eigenvalue weighted by molar-refractivity contribution is -0.122. The molecule has 0 aliphatic carbocycles. The van der Waals surface area contributed by atoms with Crippen LogP contribution in [0.4, 0.5) is 0 Å². The number of aryl methyl sites for hydroxylation is 1. The van der Waals surface area contributed by atoms with Crippen LogP contribution < -0.4 is 10.1 Å². The summed E-state index contributed by atoms with van der Waals surface area (Å²) in [6.07, 6.45) is 2.20. The highest BCUT2D eigenvalue weighted by Gasteiger charge is 2.24. The van der Waals surface area contributed by atoms with Crippen LogP contribution in [-0.2, 0) is 11.3 Å². The number of pyridine rings is 1. The summed E-state index contributed by atoms with van der Waals surface area (Å²) in [5, 5.41) is 3.02. The van der Waals surface area contributed by atoms with Crippen LogP contribution in [0, 0.1) is 6.92 Å². The molecule has 1 atom stereocenters. The molecule has 0 saturated carbocycles. The maximum atomic E-state index is 12.4. The monoisotopic (exact) mass is 368 g/mol. The van der Waals surface area contributed by atoms with Gasteiger partial charge in [0.05, 0.1) is 0 Å². The number of amides is 1. The summed E-state index contributed by atoms with van der Waals surface area (Å²) in [4.78, 5) is 21.3. The van der Waals surface area contributed by atoms with Crippen molar-refractivity contribution in [2.45, 2.75) is 25.9 Å². The molecule has 1 aromatic carbocycles. The largest absolute Gasteiger partial charge is 0.438 e. The van der Waals surface area contributed by atoms with E-state index in [0.29, 0.717) is 18.8 Å². The molecule has 1 aliphatic heterocycles. The van der Waals surface area contributed by atoms with Crippen LogP contribution in [0.1, 0.15) is 17.5 Å². The van der Waals surface area contributed by atoms with E-state index in [9.17, 15) is 4.79 Å². The first-order valence-corrected chi connectivity index (χ1v) is 9.36. The number of hydrogen-bond donors (Lipinski definition) is 1. The molecule has 0 radical (unpaired) electrons. The Morgan fingerprint density at radius 2 is 2.04 bits per heavy atom. The number of nitrogens with zero attached hydrogens (tertiary/aromatic N) is 3. The minimum atomic E-state index is 0.0489. The van der Waals surface area contributed by atoms with Gasteiger partial charge in [-0.3, -0.25) is 4.79 Å². The van der Waals surface area contributed by atoms with Crippen LogP contribution in [0.15, 0.2) is 42.6 Å². The normalized spacial score (nSPS) is 18.3. The molecule has 1 N–H and O–H groups in total. The Bertz CT molecular complexity index is 780. The summed E-state index contributed by atoms with van der Waals surface area (Å²) in [6, 6.07) is 11.9. The maximum Gasteiger partial charge on any atom is 0.224 e. The van der Waals surface area contributed by atoms with Gasteiger partial charge in [-0.1, -0.05) is 24.3 Å². The molecule has 0 spiro atoms. The number of benzene rings is 1. The van der Waals surface area contributed by atoms with Crippen molar-refractivity contribution in [3.05, 3.63) is 53.7 Å². The Hall–Kier alpha value is -2.44. The third-order valence-corrected chi connectivity index (χ3v) is 5.03. The number of hydrogen-bond acceptors (Lipinski definition) is 5. The number of piperazine rings is 1. The van der Waals surface area contributed by atoms with Crippen molar-refractivity contribution in [2.24, 2.45) is 0 Å². The van der Waals surface area contributed by atoms with Gasteiger partial charge in [0.15, 0.2) is 0 Å². The van der Waals surface area contributed by atoms with Crippen molar-refractivity contribution in [2.75, 3.05) is 33.7 Å². The van der Waals surface area contributed by atoms with Gasteiger partial charge in [-0.2, -0.15) is 0 Å². The summed E-state index contributed by atoms with van der Waals surface area (Å²) in [5.74, 6) is 1.35. The zero-order valence-corrected chi connectivity index (χ0v) is 16.3. The molecule has 2 aromatic rings. The number of carbonyl (C=O) groups is 1. The number of aromatic nitrogens is 1. The molecule has 1 unspecified atom stereocenters. The molecule has 1 fully saturated rings. The third-order valence-electron chi connectivity index (χ3n) is 5.03. The van der Waals surface area contributed by atoms with Gasteiger partial charge < -0.3 is 19.9 Å². The predicted octanol–water partition coefficient (Wildman–Crippen LogP) is 2.43. The van der Waals surface area contributed by atoms with Gasteiger partial charge in [0.25, 0.3) is 0 Å². The summed E-state index contributed by atoms with van der Waals surface area (Å²) < 4.78 is 5.98. The molecule has 6 nitrogen and oxygen atoms in total. The lowest BCUT2D eigenvalue weighted by Gasteiger charge is -2.37. The lowest BCUT2D eigenvalue weighted by atomic mass is 10.1. The Labute approximate surface area is 161 Å². The van der Waals surface area contributed by atoms with Crippen LogP contribution in [-0.4, -0.2) is 60.5 Å². The van der Waals surface area contributed by atoms with E-state index in [1.165, 1.54) is 0 Å². The van der Waals surface area contributed by atoms with Crippen LogP contribution in [0.3, 0.4) is 0 Å². The fourth-order valence-corrected chi connectivity index (χ4v) is 3.23. The van der Waals surface area contributed by atoms with E-state index in [1.54, 1.807) is 6.20 Å². The molecule has 1 saturated heterocycles. The van der Waals surface area contributed by atoms with Gasteiger partial charge in [-0.25, -0.2) is 4.98 Å². The fraction of sp³-hybridized carbons (Fsp3) is 0.429. The predicted molar refractivity (Wildman–Crippen MR) is 106 cm³/mol. The Kier molecular flexibility index (Phi) is 6.42. The van der Waals surface area contributed by atoms with Crippen LogP contribution in [0.25, 0.3) is 0 Å². The second kappa shape index (κ2) is 8.97. The fourth-order valence-electron chi connectivity index (χ4n) is 3.23. The lowest BCUT2D eigenvalue weighted by Crippen LogP contribution is -2.51. The second-order valence-corrected chi connectivity index (χ2v) is 7.21. The van der Waals surface area contributed by atoms with Crippen LogP contribution in [0.5, 0.6) is 11.6 Å². The average Bonchev–Trinajstić information content (AvgIpc) is 2.66. The van der Waals surface area contributed by atoms with Crippen molar-refractivity contribution < 1.29 is 9.53 Å². The van der Waals surface area contributed by atoms with Crippen molar-refractivity contribution in [1.82, 2.24) is 20.1 Å². The van der Waals surface area contributed by atoms with E-state index in [0.717, 1.165) is 36.5 Å². The molecule has 27 heavy (non-hydrogen) atoms. The van der Waals surface area contributed by atoms with E-state index in [-0.39, 0.29) is 11.9 Å². The molecule has 1 amide bonds. The first-order valence-electron chi connectivity index (χ1n) is 9.36. The molecule has 1 aromatic heterocycles. The number of carbonyl (C=O) groups excluding carboxylic acids is 1. The number of likely N-dealkylation sites (N-methyl/N-ethyl adjacent to an activating group) is 2. The van der Waals surface area contributed by atoms with Crippen molar-refractivity contribution in [3.8, 4) is 11.6 Å². The van der Waals surface area contributed by atoms with E-state index in [1.807, 2.05) is 43.3 Å². The molecule has 0 bridgehead atoms. The minimum Gasteiger partial charge on any atom is -0.438 e. The quantitative estimate of drug-likeness (QED) is 0.849. The molecular formula is C21H28N4O2. The topological polar surface area (TPSA) is 57.7 Å². The minimum absolute atomic E-state index is 0.0489. The SMILES string of the molecule is Cc1ccccc1Oc1ncccc1CNC(=O)CC1CN(C)CCN1C. The van der Waals surface area contributed by atoms with E-state index in [4.69, 9.17) is 4.74 Å². The Morgan fingerprint density at radius 3 is 2.85 bits per heavy atom. The van der Waals surface area contributed by atoms with E-state index in [2.05, 4.69) is 34.2 Å². The third kappa shape index (κ3) is 5.28. The Balaban J connectivity index is 1.59. The number of para-hydroxylation sites is 1. The molecule has 144 valence electrons. The summed E-state index contributed by atoms with van der Waals surface area (Å²) in [5.41, 5.74) is 1.91. The highest BCUT2D eigenvalue weighted by atomic mass is 16.5. The summed E-state index contributed by atoms with van der Waals surface area (Å²) >= 11 is 0. The van der Waals surface area contributed by atoms with Crippen LogP contribution in [0.2, 0.25) is 0 Å². The van der Waals surface area contributed by atoms with Crippen molar-refractivity contribution in [1.29, 1.82) is 0 Å². The highest BCUT2D eigenvalue weighted by molar-refractivity contribution is 5.76. The van der Waals surface area contributed by atoms with Crippen molar-refractivity contribution in [3.63, 3.8) is 0 Å². The molecule has 3 rings (SSSR count). The molecule has 6 heteroatoms. The average molecular weight is 368 g/mol. The Morgan fingerprint density at radius 1 is 1.22 bits per heavy atom. The molecular weight excluding hydrogens is 340 g/mol. The molecule has 2 heterocycles. The number of nitrogens with one attached hydrogen (secondary N) is 1. The number of ether oxygens (including phenoxy) is 1. The summed E-state index contributed by atoms with van der Waals surface area (Å²) in [6.45, 7) is 5.35. The maximum absolute atomic E-state index is 12.4. The van der Waals surface area contributed by atoms with Gasteiger partial charge in [0, 0.05) is 50.4 Å². The highest BCUT2D eigenvalue weighted by Crippen LogP contribution is 2.25. The first-order chi connectivity index (χ1) is 13.0. The summed E-state index contributed by atoms with van der Waals surface area (Å²) in [7, 11) is 4.18. The first kappa shape index (κ1) is 19.3. The van der Waals surface area contributed by atoms with E-state index >= 15 is 0 Å². The zero-order chi connectivity index (χ0) is 19.2.